The number of nitrogens with zero attached hydrogens (tertiary/aromatic N) is 2. The molecule has 0 spiro atoms. The number of rotatable bonds is 5. The van der Waals surface area contributed by atoms with Crippen LogP contribution in [-0.2, 0) is 19.9 Å². The Hall–Kier alpha value is -1.81. The highest BCUT2D eigenvalue weighted by Gasteiger charge is 2.06. The van der Waals surface area contributed by atoms with E-state index in [1.54, 1.807) is 13.2 Å². The molecule has 106 valence electrons. The number of nitrogens with one attached hydrogen (secondary N) is 1. The Labute approximate surface area is 123 Å². The van der Waals surface area contributed by atoms with Crippen LogP contribution in [0.1, 0.15) is 18.1 Å². The number of aryl methyl sites for hydroxylation is 2. The fraction of sp³-hybridized carbons (Fsp3) is 0.333. The van der Waals surface area contributed by atoms with Crippen molar-refractivity contribution in [2.45, 2.75) is 19.8 Å². The minimum Gasteiger partial charge on any atom is -0.382 e. The van der Waals surface area contributed by atoms with E-state index < -0.39 is 0 Å². The lowest BCUT2D eigenvalue weighted by Crippen LogP contribution is -2.21. The lowest BCUT2D eigenvalue weighted by Gasteiger charge is -2.08. The van der Waals surface area contributed by atoms with Gasteiger partial charge >= 0.3 is 0 Å². The maximum absolute atomic E-state index is 11.6. The van der Waals surface area contributed by atoms with Crippen LogP contribution in [0.25, 0.3) is 0 Å². The van der Waals surface area contributed by atoms with E-state index in [2.05, 4.69) is 41.6 Å². The first-order valence-electron chi connectivity index (χ1n) is 6.65. The van der Waals surface area contributed by atoms with Gasteiger partial charge in [-0.1, -0.05) is 42.8 Å². The first-order chi connectivity index (χ1) is 9.61. The van der Waals surface area contributed by atoms with Gasteiger partial charge in [-0.2, -0.15) is 5.10 Å². The molecule has 0 aliphatic carbocycles. The molecule has 4 nitrogen and oxygen atoms in total. The molecule has 0 aliphatic rings. The van der Waals surface area contributed by atoms with Gasteiger partial charge in [-0.3, -0.25) is 4.79 Å². The van der Waals surface area contributed by atoms with Gasteiger partial charge in [0.15, 0.2) is 0 Å². The van der Waals surface area contributed by atoms with Gasteiger partial charge in [-0.15, -0.1) is 0 Å². The third-order valence-electron chi connectivity index (χ3n) is 3.24. The van der Waals surface area contributed by atoms with Gasteiger partial charge in [0.25, 0.3) is 5.56 Å². The van der Waals surface area contributed by atoms with E-state index in [0.717, 1.165) is 12.8 Å². The second kappa shape index (κ2) is 6.57. The van der Waals surface area contributed by atoms with Crippen LogP contribution in [0.4, 0.5) is 5.69 Å². The number of benzene rings is 1. The summed E-state index contributed by atoms with van der Waals surface area (Å²) in [5.41, 5.74) is 2.88. The summed E-state index contributed by atoms with van der Waals surface area (Å²) in [6.07, 6.45) is 3.49. The van der Waals surface area contributed by atoms with Crippen molar-refractivity contribution in [1.82, 2.24) is 9.78 Å². The van der Waals surface area contributed by atoms with Crippen LogP contribution in [0.2, 0.25) is 5.02 Å². The van der Waals surface area contributed by atoms with Crippen molar-refractivity contribution in [2.24, 2.45) is 7.05 Å². The predicted molar refractivity (Wildman–Crippen MR) is 82.5 cm³/mol. The van der Waals surface area contributed by atoms with Crippen LogP contribution in [0.5, 0.6) is 0 Å². The molecule has 0 unspecified atom stereocenters. The van der Waals surface area contributed by atoms with Gasteiger partial charge in [0.05, 0.1) is 11.9 Å². The fourth-order valence-corrected chi connectivity index (χ4v) is 2.16. The van der Waals surface area contributed by atoms with Crippen molar-refractivity contribution < 1.29 is 0 Å². The summed E-state index contributed by atoms with van der Waals surface area (Å²) in [4.78, 5) is 11.6. The number of hydrogen-bond acceptors (Lipinski definition) is 3. The quantitative estimate of drug-likeness (QED) is 0.921. The van der Waals surface area contributed by atoms with Gasteiger partial charge < -0.3 is 5.32 Å². The molecule has 20 heavy (non-hydrogen) atoms. The molecule has 1 heterocycles. The van der Waals surface area contributed by atoms with Crippen molar-refractivity contribution in [1.29, 1.82) is 0 Å². The molecule has 0 fully saturated rings. The molecule has 0 saturated heterocycles. The summed E-state index contributed by atoms with van der Waals surface area (Å²) in [5.74, 6) is 0. The Morgan fingerprint density at radius 3 is 2.55 bits per heavy atom. The van der Waals surface area contributed by atoms with Gasteiger partial charge in [0.2, 0.25) is 0 Å². The largest absolute Gasteiger partial charge is 0.382 e. The third-order valence-corrected chi connectivity index (χ3v) is 3.60. The Balaban J connectivity index is 1.96. The summed E-state index contributed by atoms with van der Waals surface area (Å²) in [6, 6.07) is 8.54. The highest BCUT2D eigenvalue weighted by molar-refractivity contribution is 6.32. The molecule has 1 aromatic carbocycles. The molecular formula is C15H18ClN3O. The van der Waals surface area contributed by atoms with E-state index in [9.17, 15) is 4.79 Å². The molecule has 0 saturated carbocycles. The maximum atomic E-state index is 11.6. The topological polar surface area (TPSA) is 46.9 Å². The molecule has 0 aliphatic heterocycles. The van der Waals surface area contributed by atoms with Crippen molar-refractivity contribution >= 4 is 17.3 Å². The minimum absolute atomic E-state index is 0.184. The molecule has 0 bridgehead atoms. The first kappa shape index (κ1) is 14.6. The monoisotopic (exact) mass is 291 g/mol. The SMILES string of the molecule is CCc1ccc(CCNc2cnn(C)c(=O)c2Cl)cc1. The predicted octanol–water partition coefficient (Wildman–Crippen LogP) is 2.65. The van der Waals surface area contributed by atoms with Crippen molar-refractivity contribution in [3.63, 3.8) is 0 Å². The average Bonchev–Trinajstić information content (AvgIpc) is 2.48. The molecule has 1 aromatic heterocycles. The van der Waals surface area contributed by atoms with Crippen molar-refractivity contribution in [3.05, 3.63) is 57.0 Å². The number of halogens is 1. The molecule has 0 amide bonds. The number of hydrogen-bond donors (Lipinski definition) is 1. The molecule has 2 aromatic rings. The third kappa shape index (κ3) is 3.39. The van der Waals surface area contributed by atoms with Crippen LogP contribution in [0.3, 0.4) is 0 Å². The van der Waals surface area contributed by atoms with Crippen LogP contribution in [0, 0.1) is 0 Å². The average molecular weight is 292 g/mol. The van der Waals surface area contributed by atoms with E-state index in [4.69, 9.17) is 11.6 Å². The number of aromatic nitrogens is 2. The normalized spacial score (nSPS) is 10.6. The van der Waals surface area contributed by atoms with Crippen LogP contribution in [0.15, 0.2) is 35.3 Å². The lowest BCUT2D eigenvalue weighted by atomic mass is 10.1. The van der Waals surface area contributed by atoms with Crippen LogP contribution >= 0.6 is 11.6 Å². The van der Waals surface area contributed by atoms with Gasteiger partial charge in [-0.05, 0) is 24.0 Å². The molecule has 0 atom stereocenters. The Morgan fingerprint density at radius 1 is 1.25 bits per heavy atom. The van der Waals surface area contributed by atoms with Crippen molar-refractivity contribution in [2.75, 3.05) is 11.9 Å². The molecule has 0 radical (unpaired) electrons. The molecule has 1 N–H and O–H groups in total. The smallest absolute Gasteiger partial charge is 0.287 e. The summed E-state index contributed by atoms with van der Waals surface area (Å²) in [5, 5.41) is 7.28. The van der Waals surface area contributed by atoms with Crippen LogP contribution in [-0.4, -0.2) is 16.3 Å². The van der Waals surface area contributed by atoms with E-state index in [1.807, 2.05) is 0 Å². The summed E-state index contributed by atoms with van der Waals surface area (Å²) >= 11 is 5.98. The fourth-order valence-electron chi connectivity index (χ4n) is 1.92. The van der Waals surface area contributed by atoms with E-state index >= 15 is 0 Å². The molecular weight excluding hydrogens is 274 g/mol. The van der Waals surface area contributed by atoms with Crippen LogP contribution < -0.4 is 10.9 Å². The second-order valence-electron chi connectivity index (χ2n) is 4.65. The summed E-state index contributed by atoms with van der Waals surface area (Å²) < 4.78 is 1.22. The van der Waals surface area contributed by atoms with Gasteiger partial charge in [0.1, 0.15) is 5.02 Å². The summed E-state index contributed by atoms with van der Waals surface area (Å²) in [6.45, 7) is 2.85. The van der Waals surface area contributed by atoms with Gasteiger partial charge in [0, 0.05) is 13.6 Å². The Morgan fingerprint density at radius 2 is 1.90 bits per heavy atom. The Bertz CT molecular complexity index is 635. The van der Waals surface area contributed by atoms with E-state index in [1.165, 1.54) is 15.8 Å². The zero-order chi connectivity index (χ0) is 14.5. The Kier molecular flexibility index (Phi) is 4.79. The van der Waals surface area contributed by atoms with E-state index in [0.29, 0.717) is 12.2 Å². The van der Waals surface area contributed by atoms with Gasteiger partial charge in [-0.25, -0.2) is 4.68 Å². The number of anilines is 1. The highest BCUT2D eigenvalue weighted by Crippen LogP contribution is 2.15. The standard InChI is InChI=1S/C15H18ClN3O/c1-3-11-4-6-12(7-5-11)8-9-17-13-10-18-19(2)15(20)14(13)16/h4-7,10,17H,3,8-9H2,1-2H3. The lowest BCUT2D eigenvalue weighted by molar-refractivity contribution is 0.708. The zero-order valence-corrected chi connectivity index (χ0v) is 12.4. The van der Waals surface area contributed by atoms with E-state index in [-0.39, 0.29) is 10.6 Å². The second-order valence-corrected chi connectivity index (χ2v) is 5.03. The molecule has 2 rings (SSSR count). The highest BCUT2D eigenvalue weighted by atomic mass is 35.5. The zero-order valence-electron chi connectivity index (χ0n) is 11.7. The summed E-state index contributed by atoms with van der Waals surface area (Å²) in [7, 11) is 1.58. The molecule has 5 heteroatoms. The first-order valence-corrected chi connectivity index (χ1v) is 7.03. The maximum Gasteiger partial charge on any atom is 0.287 e. The minimum atomic E-state index is -0.288. The van der Waals surface area contributed by atoms with Crippen molar-refractivity contribution in [3.8, 4) is 0 Å².